The SMILES string of the molecule is CCNC(=NCc1ccc(F)c(CO)c1)NCc1cccc(OCC)c1OC(F)F. The van der Waals surface area contributed by atoms with E-state index >= 15 is 0 Å². The van der Waals surface area contributed by atoms with Gasteiger partial charge in [0, 0.05) is 24.2 Å². The first-order valence-corrected chi connectivity index (χ1v) is 9.58. The highest BCUT2D eigenvalue weighted by molar-refractivity contribution is 5.79. The van der Waals surface area contributed by atoms with Crippen LogP contribution in [-0.4, -0.2) is 30.8 Å². The zero-order valence-electron chi connectivity index (χ0n) is 16.9. The zero-order valence-corrected chi connectivity index (χ0v) is 16.9. The number of guanidine groups is 1. The van der Waals surface area contributed by atoms with Crippen LogP contribution < -0.4 is 20.1 Å². The van der Waals surface area contributed by atoms with Crippen molar-refractivity contribution in [3.05, 3.63) is 58.9 Å². The molecule has 0 aromatic heterocycles. The quantitative estimate of drug-likeness (QED) is 0.401. The summed E-state index contributed by atoms with van der Waals surface area (Å²) in [6, 6.07) is 9.33. The van der Waals surface area contributed by atoms with E-state index in [1.807, 2.05) is 6.92 Å². The number of aliphatic imine (C=N–C) groups is 1. The van der Waals surface area contributed by atoms with Crippen molar-refractivity contribution < 1.29 is 27.8 Å². The second-order valence-corrected chi connectivity index (χ2v) is 6.19. The molecule has 0 atom stereocenters. The Morgan fingerprint density at radius 3 is 2.60 bits per heavy atom. The van der Waals surface area contributed by atoms with Gasteiger partial charge in [0.1, 0.15) is 5.82 Å². The molecule has 0 fully saturated rings. The zero-order chi connectivity index (χ0) is 21.9. The van der Waals surface area contributed by atoms with E-state index in [0.29, 0.717) is 24.7 Å². The number of para-hydroxylation sites is 1. The molecule has 0 radical (unpaired) electrons. The minimum absolute atomic E-state index is 0.0242. The largest absolute Gasteiger partial charge is 0.490 e. The van der Waals surface area contributed by atoms with E-state index in [-0.39, 0.29) is 30.2 Å². The second-order valence-electron chi connectivity index (χ2n) is 6.19. The van der Waals surface area contributed by atoms with Crippen molar-refractivity contribution in [1.29, 1.82) is 0 Å². The number of nitrogens with zero attached hydrogens (tertiary/aromatic N) is 1. The summed E-state index contributed by atoms with van der Waals surface area (Å²) in [4.78, 5) is 4.42. The van der Waals surface area contributed by atoms with Gasteiger partial charge >= 0.3 is 6.61 Å². The maximum Gasteiger partial charge on any atom is 0.387 e. The van der Waals surface area contributed by atoms with Crippen LogP contribution in [0.15, 0.2) is 41.4 Å². The number of ether oxygens (including phenoxy) is 2. The Labute approximate surface area is 173 Å². The summed E-state index contributed by atoms with van der Waals surface area (Å²) in [7, 11) is 0. The number of aliphatic hydroxyl groups is 1. The molecular weight excluding hydrogens is 399 g/mol. The smallest absolute Gasteiger partial charge is 0.387 e. The van der Waals surface area contributed by atoms with Crippen LogP contribution in [0.5, 0.6) is 11.5 Å². The second kappa shape index (κ2) is 11.9. The van der Waals surface area contributed by atoms with E-state index in [9.17, 15) is 18.3 Å². The van der Waals surface area contributed by atoms with Crippen LogP contribution in [0.1, 0.15) is 30.5 Å². The number of aliphatic hydroxyl groups excluding tert-OH is 1. The first-order valence-electron chi connectivity index (χ1n) is 9.58. The Morgan fingerprint density at radius 2 is 1.93 bits per heavy atom. The van der Waals surface area contributed by atoms with Crippen molar-refractivity contribution in [2.45, 2.75) is 40.2 Å². The summed E-state index contributed by atoms with van der Waals surface area (Å²) in [6.07, 6.45) is 0. The lowest BCUT2D eigenvalue weighted by Gasteiger charge is -2.17. The molecule has 0 bridgehead atoms. The maximum absolute atomic E-state index is 13.5. The van der Waals surface area contributed by atoms with Gasteiger partial charge in [-0.1, -0.05) is 18.2 Å². The molecule has 0 saturated heterocycles. The van der Waals surface area contributed by atoms with Crippen LogP contribution in [0.2, 0.25) is 0 Å². The highest BCUT2D eigenvalue weighted by Gasteiger charge is 2.16. The summed E-state index contributed by atoms with van der Waals surface area (Å²) in [6.45, 7) is 1.56. The van der Waals surface area contributed by atoms with E-state index < -0.39 is 19.0 Å². The number of benzene rings is 2. The number of halogens is 3. The van der Waals surface area contributed by atoms with E-state index in [1.54, 1.807) is 37.3 Å². The van der Waals surface area contributed by atoms with Crippen LogP contribution in [0, 0.1) is 5.82 Å². The fraction of sp³-hybridized carbons (Fsp3) is 0.381. The average molecular weight is 425 g/mol. The highest BCUT2D eigenvalue weighted by atomic mass is 19.3. The molecule has 0 aliphatic rings. The predicted molar refractivity (Wildman–Crippen MR) is 108 cm³/mol. The van der Waals surface area contributed by atoms with E-state index in [0.717, 1.165) is 5.56 Å². The minimum atomic E-state index is -2.98. The number of rotatable bonds is 10. The molecular formula is C21H26F3N3O3. The molecule has 0 saturated carbocycles. The third kappa shape index (κ3) is 6.84. The Morgan fingerprint density at radius 1 is 1.13 bits per heavy atom. The maximum atomic E-state index is 13.5. The summed E-state index contributed by atoms with van der Waals surface area (Å²) < 4.78 is 49.3. The lowest BCUT2D eigenvalue weighted by molar-refractivity contribution is -0.0520. The fourth-order valence-corrected chi connectivity index (χ4v) is 2.73. The van der Waals surface area contributed by atoms with Gasteiger partial charge in [-0.25, -0.2) is 9.38 Å². The number of hydrogen-bond acceptors (Lipinski definition) is 4. The Kier molecular flexibility index (Phi) is 9.27. The predicted octanol–water partition coefficient (Wildman–Crippen LogP) is 3.57. The minimum Gasteiger partial charge on any atom is -0.490 e. The first-order chi connectivity index (χ1) is 14.5. The van der Waals surface area contributed by atoms with Gasteiger partial charge in [-0.05, 0) is 37.6 Å². The molecule has 0 heterocycles. The van der Waals surface area contributed by atoms with Crippen molar-refractivity contribution in [2.75, 3.05) is 13.2 Å². The molecule has 30 heavy (non-hydrogen) atoms. The van der Waals surface area contributed by atoms with Gasteiger partial charge in [-0.15, -0.1) is 0 Å². The molecule has 9 heteroatoms. The van der Waals surface area contributed by atoms with Gasteiger partial charge < -0.3 is 25.2 Å². The van der Waals surface area contributed by atoms with Gasteiger partial charge in [0.25, 0.3) is 0 Å². The standard InChI is InChI=1S/C21H26F3N3O3/c1-3-25-21(26-11-14-8-9-17(22)16(10-14)13-28)27-12-15-6-5-7-18(29-4-2)19(15)30-20(23)24/h5-10,20,28H,3-4,11-13H2,1-2H3,(H2,25,26,27). The Balaban J connectivity index is 2.15. The Bertz CT molecular complexity index is 847. The molecule has 2 aromatic rings. The molecule has 2 aromatic carbocycles. The third-order valence-electron chi connectivity index (χ3n) is 4.06. The lowest BCUT2D eigenvalue weighted by Crippen LogP contribution is -2.37. The topological polar surface area (TPSA) is 75.1 Å². The number of alkyl halides is 2. The molecule has 0 aliphatic carbocycles. The summed E-state index contributed by atoms with van der Waals surface area (Å²) >= 11 is 0. The monoisotopic (exact) mass is 425 g/mol. The van der Waals surface area contributed by atoms with Gasteiger partial charge in [0.05, 0.1) is 19.8 Å². The number of hydrogen-bond donors (Lipinski definition) is 3. The molecule has 0 aliphatic heterocycles. The normalized spacial score (nSPS) is 11.5. The molecule has 0 unspecified atom stereocenters. The molecule has 0 spiro atoms. The highest BCUT2D eigenvalue weighted by Crippen LogP contribution is 2.32. The van der Waals surface area contributed by atoms with Crippen molar-refractivity contribution in [1.82, 2.24) is 10.6 Å². The summed E-state index contributed by atoms with van der Waals surface area (Å²) in [5.74, 6) is 0.180. The molecule has 3 N–H and O–H groups in total. The van der Waals surface area contributed by atoms with Crippen LogP contribution in [-0.2, 0) is 19.7 Å². The van der Waals surface area contributed by atoms with E-state index in [4.69, 9.17) is 4.74 Å². The fourth-order valence-electron chi connectivity index (χ4n) is 2.73. The molecule has 2 rings (SSSR count). The van der Waals surface area contributed by atoms with Gasteiger partial charge in [0.2, 0.25) is 0 Å². The van der Waals surface area contributed by atoms with Crippen molar-refractivity contribution >= 4 is 5.96 Å². The van der Waals surface area contributed by atoms with Crippen molar-refractivity contribution in [3.8, 4) is 11.5 Å². The average Bonchev–Trinajstić information content (AvgIpc) is 2.72. The number of nitrogens with one attached hydrogen (secondary N) is 2. The van der Waals surface area contributed by atoms with Crippen LogP contribution >= 0.6 is 0 Å². The lowest BCUT2D eigenvalue weighted by atomic mass is 10.1. The van der Waals surface area contributed by atoms with E-state index in [1.165, 1.54) is 6.07 Å². The summed E-state index contributed by atoms with van der Waals surface area (Å²) in [5, 5.41) is 15.3. The molecule has 0 amide bonds. The van der Waals surface area contributed by atoms with Crippen LogP contribution in [0.4, 0.5) is 13.2 Å². The summed E-state index contributed by atoms with van der Waals surface area (Å²) in [5.41, 5.74) is 1.40. The van der Waals surface area contributed by atoms with Crippen molar-refractivity contribution in [2.24, 2.45) is 4.99 Å². The van der Waals surface area contributed by atoms with Crippen LogP contribution in [0.25, 0.3) is 0 Å². The molecule has 6 nitrogen and oxygen atoms in total. The van der Waals surface area contributed by atoms with Crippen LogP contribution in [0.3, 0.4) is 0 Å². The van der Waals surface area contributed by atoms with Gasteiger partial charge in [0.15, 0.2) is 17.5 Å². The Hall–Kier alpha value is -2.94. The molecule has 164 valence electrons. The third-order valence-corrected chi connectivity index (χ3v) is 4.06. The van der Waals surface area contributed by atoms with Crippen molar-refractivity contribution in [3.63, 3.8) is 0 Å². The first kappa shape index (κ1) is 23.3. The van der Waals surface area contributed by atoms with Gasteiger partial charge in [-0.3, -0.25) is 0 Å². The van der Waals surface area contributed by atoms with E-state index in [2.05, 4.69) is 20.4 Å². The van der Waals surface area contributed by atoms with Gasteiger partial charge in [-0.2, -0.15) is 8.78 Å².